The quantitative estimate of drug-likeness (QED) is 0.640. The maximum atomic E-state index is 12.4. The predicted molar refractivity (Wildman–Crippen MR) is 103 cm³/mol. The number of fused-ring (bicyclic) bond motifs is 1. The Kier molecular flexibility index (Phi) is 5.95. The highest BCUT2D eigenvalue weighted by molar-refractivity contribution is 5.82. The van der Waals surface area contributed by atoms with Crippen molar-refractivity contribution in [1.82, 2.24) is 15.3 Å². The van der Waals surface area contributed by atoms with E-state index in [9.17, 15) is 4.79 Å². The molecule has 0 fully saturated rings. The van der Waals surface area contributed by atoms with E-state index in [1.54, 1.807) is 6.07 Å². The van der Waals surface area contributed by atoms with Crippen LogP contribution in [0.4, 0.5) is 11.8 Å². The minimum atomic E-state index is -0.679. The Balaban J connectivity index is 1.49. The van der Waals surface area contributed by atoms with Crippen LogP contribution in [0.1, 0.15) is 19.5 Å². The average Bonchev–Trinajstić information content (AvgIpc) is 2.64. The Morgan fingerprint density at radius 1 is 1.11 bits per heavy atom. The van der Waals surface area contributed by atoms with Gasteiger partial charge in [-0.15, -0.1) is 0 Å². The van der Waals surface area contributed by atoms with Crippen molar-refractivity contribution in [2.24, 2.45) is 0 Å². The summed E-state index contributed by atoms with van der Waals surface area (Å²) >= 11 is 0. The SMILES string of the molecule is CCNc1nc(C)cc(NCCNC(=O)C2Oc3ccccc3OC2C)n1. The molecule has 1 aliphatic rings. The number of para-hydroxylation sites is 2. The van der Waals surface area contributed by atoms with Gasteiger partial charge in [-0.3, -0.25) is 4.79 Å². The summed E-state index contributed by atoms with van der Waals surface area (Å²) in [6.07, 6.45) is -1.04. The second-order valence-corrected chi connectivity index (χ2v) is 6.27. The zero-order chi connectivity index (χ0) is 19.2. The normalized spacial score (nSPS) is 17.9. The number of benzene rings is 1. The number of ether oxygens (including phenoxy) is 2. The Morgan fingerprint density at radius 3 is 2.59 bits per heavy atom. The smallest absolute Gasteiger partial charge is 0.265 e. The molecule has 1 aromatic carbocycles. The molecule has 0 radical (unpaired) electrons. The monoisotopic (exact) mass is 371 g/mol. The van der Waals surface area contributed by atoms with Gasteiger partial charge < -0.3 is 25.4 Å². The van der Waals surface area contributed by atoms with Gasteiger partial charge in [0.25, 0.3) is 5.91 Å². The number of amides is 1. The lowest BCUT2D eigenvalue weighted by molar-refractivity contribution is -0.133. The summed E-state index contributed by atoms with van der Waals surface area (Å²) in [7, 11) is 0. The number of nitrogens with one attached hydrogen (secondary N) is 3. The predicted octanol–water partition coefficient (Wildman–Crippen LogP) is 1.97. The zero-order valence-corrected chi connectivity index (χ0v) is 15.8. The molecular weight excluding hydrogens is 346 g/mol. The molecule has 2 heterocycles. The van der Waals surface area contributed by atoms with Crippen molar-refractivity contribution < 1.29 is 14.3 Å². The standard InChI is InChI=1S/C19H25N5O3/c1-4-20-19-23-12(2)11-16(24-19)21-9-10-22-18(25)17-13(3)26-14-7-5-6-8-15(14)27-17/h5-8,11,13,17H,4,9-10H2,1-3H3,(H,22,25)(H2,20,21,23,24). The van der Waals surface area contributed by atoms with Crippen LogP contribution in [0.15, 0.2) is 30.3 Å². The van der Waals surface area contributed by atoms with E-state index in [0.717, 1.165) is 12.2 Å². The summed E-state index contributed by atoms with van der Waals surface area (Å²) in [5.41, 5.74) is 0.868. The van der Waals surface area contributed by atoms with Crippen LogP contribution in [-0.4, -0.2) is 47.7 Å². The number of aryl methyl sites for hydroxylation is 1. The third-order valence-electron chi connectivity index (χ3n) is 4.02. The largest absolute Gasteiger partial charge is 0.482 e. The van der Waals surface area contributed by atoms with Crippen molar-refractivity contribution in [1.29, 1.82) is 0 Å². The maximum Gasteiger partial charge on any atom is 0.265 e. The van der Waals surface area contributed by atoms with Crippen LogP contribution in [0, 0.1) is 6.92 Å². The lowest BCUT2D eigenvalue weighted by atomic mass is 10.1. The summed E-state index contributed by atoms with van der Waals surface area (Å²) in [6, 6.07) is 9.21. The van der Waals surface area contributed by atoms with E-state index in [0.29, 0.717) is 36.4 Å². The molecule has 0 aliphatic carbocycles. The van der Waals surface area contributed by atoms with Gasteiger partial charge in [0.15, 0.2) is 11.5 Å². The van der Waals surface area contributed by atoms with E-state index in [1.807, 2.05) is 45.0 Å². The number of anilines is 2. The molecule has 2 aromatic rings. The topological polar surface area (TPSA) is 97.4 Å². The van der Waals surface area contributed by atoms with Crippen LogP contribution in [0.25, 0.3) is 0 Å². The van der Waals surface area contributed by atoms with E-state index in [4.69, 9.17) is 9.47 Å². The van der Waals surface area contributed by atoms with Crippen LogP contribution in [0.5, 0.6) is 11.5 Å². The molecule has 27 heavy (non-hydrogen) atoms. The minimum Gasteiger partial charge on any atom is -0.482 e. The van der Waals surface area contributed by atoms with Gasteiger partial charge >= 0.3 is 0 Å². The first-order valence-electron chi connectivity index (χ1n) is 9.10. The molecule has 8 nitrogen and oxygen atoms in total. The summed E-state index contributed by atoms with van der Waals surface area (Å²) < 4.78 is 11.6. The molecular formula is C19H25N5O3. The van der Waals surface area contributed by atoms with E-state index < -0.39 is 6.10 Å². The van der Waals surface area contributed by atoms with E-state index in [1.165, 1.54) is 0 Å². The molecule has 1 aromatic heterocycles. The van der Waals surface area contributed by atoms with Gasteiger partial charge in [-0.1, -0.05) is 12.1 Å². The van der Waals surface area contributed by atoms with Crippen molar-refractivity contribution in [2.75, 3.05) is 30.3 Å². The molecule has 0 saturated heterocycles. The second kappa shape index (κ2) is 8.57. The van der Waals surface area contributed by atoms with Crippen molar-refractivity contribution in [3.05, 3.63) is 36.0 Å². The molecule has 8 heteroatoms. The second-order valence-electron chi connectivity index (χ2n) is 6.27. The fourth-order valence-electron chi connectivity index (χ4n) is 2.78. The van der Waals surface area contributed by atoms with Crippen LogP contribution < -0.4 is 25.4 Å². The summed E-state index contributed by atoms with van der Waals surface area (Å²) in [5.74, 6) is 2.34. The molecule has 3 rings (SSSR count). The van der Waals surface area contributed by atoms with Crippen LogP contribution in [0.2, 0.25) is 0 Å². The average molecular weight is 371 g/mol. The molecule has 0 bridgehead atoms. The zero-order valence-electron chi connectivity index (χ0n) is 15.8. The number of aromatic nitrogens is 2. The molecule has 1 aliphatic heterocycles. The molecule has 0 saturated carbocycles. The molecule has 3 N–H and O–H groups in total. The highest BCUT2D eigenvalue weighted by Gasteiger charge is 2.33. The number of nitrogens with zero attached hydrogens (tertiary/aromatic N) is 2. The van der Waals surface area contributed by atoms with Gasteiger partial charge in [-0.05, 0) is 32.9 Å². The minimum absolute atomic E-state index is 0.203. The number of carbonyl (C=O) groups is 1. The molecule has 2 unspecified atom stereocenters. The van der Waals surface area contributed by atoms with E-state index in [-0.39, 0.29) is 12.0 Å². The van der Waals surface area contributed by atoms with Gasteiger partial charge in [0.1, 0.15) is 11.9 Å². The Bertz CT molecular complexity index is 799. The maximum absolute atomic E-state index is 12.4. The first kappa shape index (κ1) is 18.8. The van der Waals surface area contributed by atoms with E-state index >= 15 is 0 Å². The Hall–Kier alpha value is -3.03. The van der Waals surface area contributed by atoms with Gasteiger partial charge in [0, 0.05) is 31.4 Å². The number of hydrogen-bond donors (Lipinski definition) is 3. The van der Waals surface area contributed by atoms with Crippen LogP contribution >= 0.6 is 0 Å². The molecule has 0 spiro atoms. The summed E-state index contributed by atoms with van der Waals surface area (Å²) in [4.78, 5) is 21.1. The van der Waals surface area contributed by atoms with Crippen molar-refractivity contribution >= 4 is 17.7 Å². The molecule has 1 amide bonds. The van der Waals surface area contributed by atoms with Crippen LogP contribution in [-0.2, 0) is 4.79 Å². The van der Waals surface area contributed by atoms with E-state index in [2.05, 4.69) is 25.9 Å². The van der Waals surface area contributed by atoms with Gasteiger partial charge in [-0.2, -0.15) is 4.98 Å². The van der Waals surface area contributed by atoms with Crippen molar-refractivity contribution in [2.45, 2.75) is 33.0 Å². The fourth-order valence-corrected chi connectivity index (χ4v) is 2.78. The van der Waals surface area contributed by atoms with Crippen LogP contribution in [0.3, 0.4) is 0 Å². The lowest BCUT2D eigenvalue weighted by Crippen LogP contribution is -2.49. The Labute approximate surface area is 158 Å². The lowest BCUT2D eigenvalue weighted by Gasteiger charge is -2.31. The highest BCUT2D eigenvalue weighted by Crippen LogP contribution is 2.33. The molecule has 144 valence electrons. The Morgan fingerprint density at radius 2 is 1.85 bits per heavy atom. The molecule has 2 atom stereocenters. The van der Waals surface area contributed by atoms with Gasteiger partial charge in [0.2, 0.25) is 12.1 Å². The van der Waals surface area contributed by atoms with Crippen molar-refractivity contribution in [3.8, 4) is 11.5 Å². The number of rotatable bonds is 7. The summed E-state index contributed by atoms with van der Waals surface area (Å²) in [5, 5.41) is 9.16. The third-order valence-corrected chi connectivity index (χ3v) is 4.02. The number of hydrogen-bond acceptors (Lipinski definition) is 7. The fraction of sp³-hybridized carbons (Fsp3) is 0.421. The van der Waals surface area contributed by atoms with Gasteiger partial charge in [-0.25, -0.2) is 4.98 Å². The third kappa shape index (κ3) is 4.78. The first-order valence-corrected chi connectivity index (χ1v) is 9.10. The van der Waals surface area contributed by atoms with Crippen molar-refractivity contribution in [3.63, 3.8) is 0 Å². The highest BCUT2D eigenvalue weighted by atomic mass is 16.6. The first-order chi connectivity index (χ1) is 13.1. The number of carbonyl (C=O) groups excluding carboxylic acids is 1. The van der Waals surface area contributed by atoms with Gasteiger partial charge in [0.05, 0.1) is 0 Å². The summed E-state index contributed by atoms with van der Waals surface area (Å²) in [6.45, 7) is 7.45.